The summed E-state index contributed by atoms with van der Waals surface area (Å²) >= 11 is 4.72. The highest BCUT2D eigenvalue weighted by Gasteiger charge is 2.29. The molecule has 0 N–H and O–H groups in total. The number of halogens is 1. The molecule has 2 heterocycles. The lowest BCUT2D eigenvalue weighted by atomic mass is 10.2. The van der Waals surface area contributed by atoms with Crippen LogP contribution in [0.2, 0.25) is 0 Å². The molecule has 4 rings (SSSR count). The second-order valence-electron chi connectivity index (χ2n) is 6.03. The van der Waals surface area contributed by atoms with Crippen LogP contribution < -0.4 is 10.3 Å². The van der Waals surface area contributed by atoms with Crippen molar-refractivity contribution in [1.29, 1.82) is 0 Å². The van der Waals surface area contributed by atoms with Gasteiger partial charge in [0.1, 0.15) is 12.4 Å². The maximum Gasteiger partial charge on any atom is 0.262 e. The molecule has 1 aromatic heterocycles. The van der Waals surface area contributed by atoms with Crippen LogP contribution in [-0.2, 0) is 11.5 Å². The number of benzene rings is 2. The smallest absolute Gasteiger partial charge is 0.262 e. The summed E-state index contributed by atoms with van der Waals surface area (Å²) in [7, 11) is 1.60. The fraction of sp³-hybridized carbons (Fsp3) is 0.158. The van der Waals surface area contributed by atoms with E-state index >= 15 is 0 Å². The molecule has 142 valence electrons. The van der Waals surface area contributed by atoms with E-state index in [1.54, 1.807) is 31.4 Å². The number of nitrogens with zero attached hydrogens (tertiary/aromatic N) is 4. The Bertz CT molecular complexity index is 1140. The minimum absolute atomic E-state index is 0.0646. The molecule has 0 bridgehead atoms. The first-order valence-corrected chi connectivity index (χ1v) is 10.1. The number of methoxy groups -OCH3 is 1. The molecule has 7 nitrogen and oxygen atoms in total. The highest BCUT2D eigenvalue weighted by Crippen LogP contribution is 2.25. The number of aromatic nitrogens is 2. The van der Waals surface area contributed by atoms with Crippen molar-refractivity contribution in [3.8, 4) is 5.75 Å². The van der Waals surface area contributed by atoms with Crippen molar-refractivity contribution < 1.29 is 9.53 Å². The number of fused-ring (bicyclic) bond motifs is 1. The van der Waals surface area contributed by atoms with Crippen LogP contribution in [0.5, 0.6) is 5.75 Å². The summed E-state index contributed by atoms with van der Waals surface area (Å²) in [5.41, 5.74) is 1.11. The normalized spacial score (nSPS) is 15.6. The lowest BCUT2D eigenvalue weighted by Crippen LogP contribution is -2.36. The molecular formula is C19H15BrN4O3S. The Morgan fingerprint density at radius 2 is 2.00 bits per heavy atom. The van der Waals surface area contributed by atoms with Crippen LogP contribution >= 0.6 is 27.7 Å². The predicted molar refractivity (Wildman–Crippen MR) is 113 cm³/mol. The van der Waals surface area contributed by atoms with Crippen molar-refractivity contribution in [2.24, 2.45) is 4.99 Å². The van der Waals surface area contributed by atoms with Crippen molar-refractivity contribution in [3.05, 3.63) is 63.6 Å². The van der Waals surface area contributed by atoms with E-state index in [9.17, 15) is 9.59 Å². The molecular weight excluding hydrogens is 444 g/mol. The topological polar surface area (TPSA) is 76.8 Å². The van der Waals surface area contributed by atoms with Gasteiger partial charge in [0.15, 0.2) is 5.17 Å². The lowest BCUT2D eigenvalue weighted by Gasteiger charge is -2.17. The molecule has 1 amide bonds. The molecule has 0 aliphatic carbocycles. The van der Waals surface area contributed by atoms with Gasteiger partial charge in [-0.05, 0) is 42.5 Å². The van der Waals surface area contributed by atoms with Gasteiger partial charge in [0.05, 0.1) is 35.8 Å². The third kappa shape index (κ3) is 3.67. The zero-order valence-corrected chi connectivity index (χ0v) is 17.2. The molecule has 1 saturated heterocycles. The van der Waals surface area contributed by atoms with Crippen LogP contribution in [0.15, 0.2) is 63.1 Å². The molecule has 9 heteroatoms. The third-order valence-electron chi connectivity index (χ3n) is 4.23. The van der Waals surface area contributed by atoms with E-state index < -0.39 is 0 Å². The SMILES string of the molecule is COc1ccc(N=C2SCC(=O)N2Cn2cnc3ccc(Br)cc3c2=O)cc1. The Balaban J connectivity index is 1.66. The van der Waals surface area contributed by atoms with Crippen LogP contribution in [-0.4, -0.2) is 38.4 Å². The molecule has 0 atom stereocenters. The van der Waals surface area contributed by atoms with Crippen LogP contribution in [0.25, 0.3) is 10.9 Å². The highest BCUT2D eigenvalue weighted by molar-refractivity contribution is 9.10. The largest absolute Gasteiger partial charge is 0.497 e. The molecule has 2 aromatic carbocycles. The number of thioether (sulfide) groups is 1. The van der Waals surface area contributed by atoms with Gasteiger partial charge >= 0.3 is 0 Å². The molecule has 0 radical (unpaired) electrons. The van der Waals surface area contributed by atoms with Gasteiger partial charge in [0.25, 0.3) is 5.56 Å². The Labute approximate surface area is 173 Å². The minimum Gasteiger partial charge on any atom is -0.497 e. The fourth-order valence-electron chi connectivity index (χ4n) is 2.77. The maximum absolute atomic E-state index is 12.8. The van der Waals surface area contributed by atoms with Gasteiger partial charge in [-0.25, -0.2) is 9.98 Å². The van der Waals surface area contributed by atoms with E-state index in [4.69, 9.17) is 4.74 Å². The van der Waals surface area contributed by atoms with Crippen LogP contribution in [0.3, 0.4) is 0 Å². The Morgan fingerprint density at radius 3 is 2.75 bits per heavy atom. The third-order valence-corrected chi connectivity index (χ3v) is 5.69. The summed E-state index contributed by atoms with van der Waals surface area (Å²) in [5, 5.41) is 1.04. The zero-order valence-electron chi connectivity index (χ0n) is 14.8. The van der Waals surface area contributed by atoms with Crippen molar-refractivity contribution in [1.82, 2.24) is 14.5 Å². The fourth-order valence-corrected chi connectivity index (χ4v) is 4.03. The van der Waals surface area contributed by atoms with Crippen molar-refractivity contribution >= 4 is 55.4 Å². The second kappa shape index (κ2) is 7.76. The van der Waals surface area contributed by atoms with Gasteiger partial charge in [0.2, 0.25) is 5.91 Å². The first kappa shape index (κ1) is 18.7. The van der Waals surface area contributed by atoms with Gasteiger partial charge in [-0.1, -0.05) is 27.7 Å². The first-order valence-electron chi connectivity index (χ1n) is 8.36. The Kier molecular flexibility index (Phi) is 5.19. The average molecular weight is 459 g/mol. The molecule has 1 aliphatic rings. The van der Waals surface area contributed by atoms with Gasteiger partial charge in [-0.3, -0.25) is 19.1 Å². The summed E-state index contributed by atoms with van der Waals surface area (Å²) in [5.74, 6) is 0.922. The summed E-state index contributed by atoms with van der Waals surface area (Å²) in [6.45, 7) is 0.0646. The molecule has 0 spiro atoms. The van der Waals surface area contributed by atoms with E-state index in [2.05, 4.69) is 25.9 Å². The van der Waals surface area contributed by atoms with Crippen LogP contribution in [0.4, 0.5) is 5.69 Å². The highest BCUT2D eigenvalue weighted by atomic mass is 79.9. The van der Waals surface area contributed by atoms with Gasteiger partial charge in [-0.2, -0.15) is 0 Å². The van der Waals surface area contributed by atoms with Gasteiger partial charge < -0.3 is 4.74 Å². The number of hydrogen-bond donors (Lipinski definition) is 0. The Morgan fingerprint density at radius 1 is 1.21 bits per heavy atom. The van der Waals surface area contributed by atoms with Crippen molar-refractivity contribution in [2.75, 3.05) is 12.9 Å². The molecule has 1 fully saturated rings. The molecule has 0 saturated carbocycles. The average Bonchev–Trinajstić information content (AvgIpc) is 3.04. The van der Waals surface area contributed by atoms with E-state index in [-0.39, 0.29) is 23.9 Å². The number of carbonyl (C=O) groups is 1. The minimum atomic E-state index is -0.209. The quantitative estimate of drug-likeness (QED) is 0.598. The predicted octanol–water partition coefficient (Wildman–Crippen LogP) is 3.39. The molecule has 1 aliphatic heterocycles. The van der Waals surface area contributed by atoms with Crippen LogP contribution in [0, 0.1) is 0 Å². The summed E-state index contributed by atoms with van der Waals surface area (Å²) in [6.07, 6.45) is 1.46. The van der Waals surface area contributed by atoms with E-state index in [0.717, 1.165) is 10.2 Å². The summed E-state index contributed by atoms with van der Waals surface area (Å²) < 4.78 is 7.36. The van der Waals surface area contributed by atoms with E-state index in [1.165, 1.54) is 27.6 Å². The van der Waals surface area contributed by atoms with Gasteiger partial charge in [-0.15, -0.1) is 0 Å². The van der Waals surface area contributed by atoms with E-state index in [1.807, 2.05) is 18.2 Å². The summed E-state index contributed by atoms with van der Waals surface area (Å²) in [4.78, 5) is 35.6. The number of aliphatic imine (C=N–C) groups is 1. The number of rotatable bonds is 4. The zero-order chi connectivity index (χ0) is 19.7. The standard InChI is InChI=1S/C19H15BrN4O3S/c1-27-14-5-3-13(4-6-14)22-19-24(17(25)9-28-19)11-23-10-21-16-7-2-12(20)8-15(16)18(23)26/h2-8,10H,9,11H2,1H3. The number of ether oxygens (including phenoxy) is 1. The molecule has 0 unspecified atom stereocenters. The summed E-state index contributed by atoms with van der Waals surface area (Å²) in [6, 6.07) is 12.6. The second-order valence-corrected chi connectivity index (χ2v) is 7.88. The molecule has 3 aromatic rings. The number of amidine groups is 1. The molecule has 28 heavy (non-hydrogen) atoms. The maximum atomic E-state index is 12.8. The van der Waals surface area contributed by atoms with Crippen LogP contribution in [0.1, 0.15) is 0 Å². The van der Waals surface area contributed by atoms with Gasteiger partial charge in [0, 0.05) is 4.47 Å². The number of carbonyl (C=O) groups excluding carboxylic acids is 1. The lowest BCUT2D eigenvalue weighted by molar-refractivity contribution is -0.125. The van der Waals surface area contributed by atoms with E-state index in [0.29, 0.717) is 21.8 Å². The number of amides is 1. The van der Waals surface area contributed by atoms with Crippen molar-refractivity contribution in [3.63, 3.8) is 0 Å². The first-order chi connectivity index (χ1) is 13.5. The monoisotopic (exact) mass is 458 g/mol. The van der Waals surface area contributed by atoms with Crippen molar-refractivity contribution in [2.45, 2.75) is 6.67 Å². The Hall–Kier alpha value is -2.65. The number of hydrogen-bond acceptors (Lipinski definition) is 6.